The summed E-state index contributed by atoms with van der Waals surface area (Å²) in [4.78, 5) is 22.4. The number of rotatable bonds is 14. The van der Waals surface area contributed by atoms with Gasteiger partial charge in [0.2, 0.25) is 22.7 Å². The molecule has 1 heterocycles. The van der Waals surface area contributed by atoms with Crippen LogP contribution in [0, 0.1) is 5.92 Å². The second-order valence-corrected chi connectivity index (χ2v) is 11.5. The fourth-order valence-electron chi connectivity index (χ4n) is 4.01. The molecule has 0 saturated carbocycles. The van der Waals surface area contributed by atoms with Crippen molar-refractivity contribution in [3.63, 3.8) is 0 Å². The van der Waals surface area contributed by atoms with Gasteiger partial charge >= 0.3 is 6.09 Å². The topological polar surface area (TPSA) is 164 Å². The third kappa shape index (κ3) is 8.73. The molecule has 0 fully saturated rings. The smallest absolute Gasteiger partial charge is 0.404 e. The fraction of sp³-hybridized carbons (Fsp3) is 0.462. The van der Waals surface area contributed by atoms with Gasteiger partial charge in [0.05, 0.1) is 23.6 Å². The van der Waals surface area contributed by atoms with E-state index in [0.29, 0.717) is 29.4 Å². The zero-order chi connectivity index (χ0) is 28.6. The summed E-state index contributed by atoms with van der Waals surface area (Å²) in [6.07, 6.45) is -2.58. The molecule has 1 aliphatic rings. The lowest BCUT2D eigenvalue weighted by molar-refractivity contribution is -0.119. The minimum Gasteiger partial charge on any atom is -0.492 e. The zero-order valence-corrected chi connectivity index (χ0v) is 22.9. The quantitative estimate of drug-likeness (QED) is 0.250. The summed E-state index contributed by atoms with van der Waals surface area (Å²) >= 11 is 0. The number of carboxylic acid groups (broad SMARTS) is 1. The fourth-order valence-corrected chi connectivity index (χ4v) is 5.65. The molecule has 214 valence electrons. The number of amides is 2. The number of hydrogen-bond donors (Lipinski definition) is 4. The van der Waals surface area contributed by atoms with Crippen LogP contribution >= 0.6 is 0 Å². The molecule has 4 N–H and O–H groups in total. The number of aliphatic hydroxyl groups is 1. The van der Waals surface area contributed by atoms with Crippen molar-refractivity contribution in [2.45, 2.75) is 44.2 Å². The van der Waals surface area contributed by atoms with Crippen LogP contribution in [0.5, 0.6) is 17.2 Å². The molecule has 12 nitrogen and oxygen atoms in total. The Hall–Kier alpha value is -3.55. The Kier molecular flexibility index (Phi) is 10.4. The first-order valence-corrected chi connectivity index (χ1v) is 13.9. The van der Waals surface area contributed by atoms with Gasteiger partial charge in [0.1, 0.15) is 12.4 Å². The van der Waals surface area contributed by atoms with Crippen molar-refractivity contribution in [3.8, 4) is 17.2 Å². The highest BCUT2D eigenvalue weighted by Gasteiger charge is 2.32. The molecule has 2 atom stereocenters. The Morgan fingerprint density at radius 2 is 1.77 bits per heavy atom. The summed E-state index contributed by atoms with van der Waals surface area (Å²) in [5.41, 5.74) is 0.705. The van der Waals surface area contributed by atoms with Crippen molar-refractivity contribution in [1.29, 1.82) is 0 Å². The van der Waals surface area contributed by atoms with Crippen LogP contribution < -0.4 is 24.8 Å². The summed E-state index contributed by atoms with van der Waals surface area (Å²) in [6, 6.07) is 10.2. The van der Waals surface area contributed by atoms with Crippen molar-refractivity contribution >= 4 is 22.0 Å². The number of benzene rings is 2. The SMILES string of the molecule is CC(=O)NCCOc1ccc(C[C@H](NC(=O)O)[C@@H](O)CN(CC(C)C)S(=O)(=O)c2ccc3c(c2)OCO3)cc1. The largest absolute Gasteiger partial charge is 0.492 e. The number of nitrogens with one attached hydrogen (secondary N) is 2. The van der Waals surface area contributed by atoms with Gasteiger partial charge in [0, 0.05) is 26.1 Å². The van der Waals surface area contributed by atoms with Gasteiger partial charge in [0.15, 0.2) is 11.5 Å². The molecule has 0 bridgehead atoms. The number of nitrogens with zero attached hydrogens (tertiary/aromatic N) is 1. The van der Waals surface area contributed by atoms with E-state index in [1.807, 2.05) is 13.8 Å². The van der Waals surface area contributed by atoms with Gasteiger partial charge < -0.3 is 35.1 Å². The standard InChI is InChI=1S/C26H35N3O9S/c1-17(2)14-29(39(34,35)21-8-9-24-25(13-21)38-16-37-24)15-23(31)22(28-26(32)33)12-19-4-6-20(7-5-19)36-11-10-27-18(3)30/h4-9,13,17,22-23,28,31H,10-12,14-16H2,1-3H3,(H,27,30)(H,32,33)/t22-,23-/m0/s1. The van der Waals surface area contributed by atoms with Crippen LogP contribution in [-0.2, 0) is 21.2 Å². The number of hydrogen-bond acceptors (Lipinski definition) is 8. The van der Waals surface area contributed by atoms with E-state index in [9.17, 15) is 28.2 Å². The maximum absolute atomic E-state index is 13.5. The number of aliphatic hydroxyl groups excluding tert-OH is 1. The van der Waals surface area contributed by atoms with Gasteiger partial charge in [0.25, 0.3) is 0 Å². The van der Waals surface area contributed by atoms with Crippen molar-refractivity contribution < 1.29 is 42.4 Å². The molecule has 0 aliphatic carbocycles. The normalized spacial score (nSPS) is 14.2. The van der Waals surface area contributed by atoms with E-state index in [1.54, 1.807) is 24.3 Å². The first-order valence-electron chi connectivity index (χ1n) is 12.5. The van der Waals surface area contributed by atoms with Gasteiger partial charge in [-0.2, -0.15) is 4.31 Å². The third-order valence-corrected chi connectivity index (χ3v) is 7.67. The van der Waals surface area contributed by atoms with Crippen LogP contribution in [0.15, 0.2) is 47.4 Å². The van der Waals surface area contributed by atoms with Gasteiger partial charge in [-0.05, 0) is 42.2 Å². The molecule has 2 amide bonds. The third-order valence-electron chi connectivity index (χ3n) is 5.84. The van der Waals surface area contributed by atoms with E-state index < -0.39 is 28.3 Å². The predicted molar refractivity (Wildman–Crippen MR) is 141 cm³/mol. The first-order chi connectivity index (χ1) is 18.5. The maximum Gasteiger partial charge on any atom is 0.404 e. The van der Waals surface area contributed by atoms with Crippen LogP contribution in [0.3, 0.4) is 0 Å². The first kappa shape index (κ1) is 30.0. The highest BCUT2D eigenvalue weighted by molar-refractivity contribution is 7.89. The lowest BCUT2D eigenvalue weighted by Crippen LogP contribution is -2.50. The molecular formula is C26H35N3O9S. The van der Waals surface area contributed by atoms with E-state index in [1.165, 1.54) is 25.1 Å². The van der Waals surface area contributed by atoms with E-state index in [-0.39, 0.29) is 49.6 Å². The minimum absolute atomic E-state index is 0.0000275. The Labute approximate surface area is 227 Å². The number of sulfonamides is 1. The van der Waals surface area contributed by atoms with Crippen LogP contribution in [0.4, 0.5) is 4.79 Å². The Bertz CT molecular complexity index is 1240. The molecule has 0 unspecified atom stereocenters. The molecule has 3 rings (SSSR count). The lowest BCUT2D eigenvalue weighted by atomic mass is 10.0. The molecule has 2 aromatic carbocycles. The number of carbonyl (C=O) groups is 2. The van der Waals surface area contributed by atoms with Crippen LogP contribution in [0.2, 0.25) is 0 Å². The Morgan fingerprint density at radius 3 is 2.41 bits per heavy atom. The monoisotopic (exact) mass is 565 g/mol. The van der Waals surface area contributed by atoms with Crippen molar-refractivity contribution in [2.24, 2.45) is 5.92 Å². The Balaban J connectivity index is 1.73. The summed E-state index contributed by atoms with van der Waals surface area (Å²) in [6.45, 7) is 5.53. The van der Waals surface area contributed by atoms with E-state index >= 15 is 0 Å². The second kappa shape index (κ2) is 13.5. The average molecular weight is 566 g/mol. The second-order valence-electron chi connectivity index (χ2n) is 9.53. The Morgan fingerprint density at radius 1 is 1.08 bits per heavy atom. The lowest BCUT2D eigenvalue weighted by Gasteiger charge is -2.30. The van der Waals surface area contributed by atoms with Crippen LogP contribution in [0.1, 0.15) is 26.3 Å². The molecular weight excluding hydrogens is 530 g/mol. The molecule has 2 aromatic rings. The van der Waals surface area contributed by atoms with E-state index in [4.69, 9.17) is 14.2 Å². The highest BCUT2D eigenvalue weighted by Crippen LogP contribution is 2.34. The van der Waals surface area contributed by atoms with E-state index in [0.717, 1.165) is 4.31 Å². The van der Waals surface area contributed by atoms with Crippen LogP contribution in [-0.4, -0.2) is 80.1 Å². The summed E-state index contributed by atoms with van der Waals surface area (Å²) in [7, 11) is -4.05. The summed E-state index contributed by atoms with van der Waals surface area (Å²) in [5, 5.41) is 25.4. The molecule has 13 heteroatoms. The van der Waals surface area contributed by atoms with Crippen molar-refractivity contribution in [1.82, 2.24) is 14.9 Å². The minimum atomic E-state index is -4.05. The molecule has 0 radical (unpaired) electrons. The molecule has 0 aromatic heterocycles. The zero-order valence-electron chi connectivity index (χ0n) is 22.1. The van der Waals surface area contributed by atoms with Gasteiger partial charge in [-0.3, -0.25) is 4.79 Å². The van der Waals surface area contributed by atoms with Crippen molar-refractivity contribution in [2.75, 3.05) is 33.0 Å². The number of fused-ring (bicyclic) bond motifs is 1. The maximum atomic E-state index is 13.5. The van der Waals surface area contributed by atoms with Gasteiger partial charge in [-0.25, -0.2) is 13.2 Å². The molecule has 39 heavy (non-hydrogen) atoms. The highest BCUT2D eigenvalue weighted by atomic mass is 32.2. The van der Waals surface area contributed by atoms with Gasteiger partial charge in [-0.15, -0.1) is 0 Å². The molecule has 1 aliphatic heterocycles. The average Bonchev–Trinajstić information content (AvgIpc) is 3.34. The predicted octanol–water partition coefficient (Wildman–Crippen LogP) is 1.82. The van der Waals surface area contributed by atoms with Crippen LogP contribution in [0.25, 0.3) is 0 Å². The molecule has 0 spiro atoms. The van der Waals surface area contributed by atoms with Gasteiger partial charge in [-0.1, -0.05) is 26.0 Å². The number of ether oxygens (including phenoxy) is 3. The molecule has 0 saturated heterocycles. The van der Waals surface area contributed by atoms with Crippen molar-refractivity contribution in [3.05, 3.63) is 48.0 Å². The summed E-state index contributed by atoms with van der Waals surface area (Å²) < 4.78 is 44.4. The summed E-state index contributed by atoms with van der Waals surface area (Å²) in [5.74, 6) is 1.10. The number of carbonyl (C=O) groups excluding carboxylic acids is 1. The van der Waals surface area contributed by atoms with E-state index in [2.05, 4.69) is 10.6 Å².